The summed E-state index contributed by atoms with van der Waals surface area (Å²) in [7, 11) is 5.50. The molecular weight excluding hydrogens is 378 g/mol. The molecule has 1 saturated heterocycles. The van der Waals surface area contributed by atoms with Crippen LogP contribution in [0.25, 0.3) is 0 Å². The van der Waals surface area contributed by atoms with Gasteiger partial charge in [0.15, 0.2) is 11.5 Å². The zero-order valence-electron chi connectivity index (χ0n) is 19.0. The standard InChI is InChI=1S/C25H37NO4/c1-5-6-7-8-9-10-24(27)30-20-13-14-25(15-16-26(2)23(25)18-20)19-11-12-21(28-3)22(17-19)29-4/h11-12,17-18,23H,5-10,13-16H2,1-4H3/t23-,25-/m0/s1. The van der Waals surface area contributed by atoms with Gasteiger partial charge in [-0.3, -0.25) is 9.69 Å². The highest BCUT2D eigenvalue weighted by Gasteiger charge is 2.48. The zero-order chi connectivity index (χ0) is 21.6. The van der Waals surface area contributed by atoms with Gasteiger partial charge in [-0.15, -0.1) is 0 Å². The molecule has 2 aliphatic rings. The van der Waals surface area contributed by atoms with Crippen molar-refractivity contribution >= 4 is 5.97 Å². The van der Waals surface area contributed by atoms with E-state index < -0.39 is 0 Å². The number of hydrogen-bond donors (Lipinski definition) is 0. The number of hydrogen-bond acceptors (Lipinski definition) is 5. The van der Waals surface area contributed by atoms with E-state index in [1.807, 2.05) is 6.07 Å². The number of likely N-dealkylation sites (N-methyl/N-ethyl adjacent to an activating group) is 1. The Kier molecular flexibility index (Phi) is 7.81. The lowest BCUT2D eigenvalue weighted by atomic mass is 9.68. The van der Waals surface area contributed by atoms with Crippen LogP contribution >= 0.6 is 0 Å². The number of benzene rings is 1. The minimum Gasteiger partial charge on any atom is -0.493 e. The number of methoxy groups -OCH3 is 2. The van der Waals surface area contributed by atoms with E-state index in [1.54, 1.807) is 14.2 Å². The van der Waals surface area contributed by atoms with Gasteiger partial charge in [-0.2, -0.15) is 0 Å². The van der Waals surface area contributed by atoms with E-state index in [2.05, 4.69) is 37.1 Å². The van der Waals surface area contributed by atoms with Gasteiger partial charge < -0.3 is 14.2 Å². The number of esters is 1. The Morgan fingerprint density at radius 1 is 1.10 bits per heavy atom. The van der Waals surface area contributed by atoms with Gasteiger partial charge in [0.25, 0.3) is 0 Å². The van der Waals surface area contributed by atoms with Crippen LogP contribution < -0.4 is 9.47 Å². The molecule has 1 aromatic rings. The van der Waals surface area contributed by atoms with E-state index in [0.29, 0.717) is 6.42 Å². The molecule has 1 aliphatic heterocycles. The number of fused-ring (bicyclic) bond motifs is 1. The summed E-state index contributed by atoms with van der Waals surface area (Å²) in [5, 5.41) is 0. The smallest absolute Gasteiger partial charge is 0.310 e. The van der Waals surface area contributed by atoms with Crippen LogP contribution in [0.15, 0.2) is 30.0 Å². The Balaban J connectivity index is 1.71. The first kappa shape index (κ1) is 22.7. The number of allylic oxidation sites excluding steroid dienone is 1. The molecule has 0 aromatic heterocycles. The van der Waals surface area contributed by atoms with Crippen LogP contribution in [-0.4, -0.2) is 44.7 Å². The average molecular weight is 416 g/mol. The van der Waals surface area contributed by atoms with Gasteiger partial charge in [-0.25, -0.2) is 0 Å². The number of rotatable bonds is 10. The summed E-state index contributed by atoms with van der Waals surface area (Å²) in [6.45, 7) is 3.22. The van der Waals surface area contributed by atoms with E-state index in [-0.39, 0.29) is 17.4 Å². The highest BCUT2D eigenvalue weighted by atomic mass is 16.5. The second kappa shape index (κ2) is 10.3. The van der Waals surface area contributed by atoms with E-state index in [0.717, 1.165) is 55.9 Å². The van der Waals surface area contributed by atoms with Crippen LogP contribution in [0.3, 0.4) is 0 Å². The van der Waals surface area contributed by atoms with Gasteiger partial charge in [0.1, 0.15) is 5.76 Å². The van der Waals surface area contributed by atoms with Crippen molar-refractivity contribution in [1.82, 2.24) is 4.90 Å². The quantitative estimate of drug-likeness (QED) is 0.387. The minimum atomic E-state index is -0.0861. The highest BCUT2D eigenvalue weighted by Crippen LogP contribution is 2.49. The first-order chi connectivity index (χ1) is 14.5. The largest absolute Gasteiger partial charge is 0.493 e. The maximum absolute atomic E-state index is 12.3. The lowest BCUT2D eigenvalue weighted by Crippen LogP contribution is -2.42. The predicted octanol–water partition coefficient (Wildman–Crippen LogP) is 5.23. The molecule has 2 atom stereocenters. The number of ether oxygens (including phenoxy) is 3. The molecule has 1 fully saturated rings. The molecule has 0 unspecified atom stereocenters. The fraction of sp³-hybridized carbons (Fsp3) is 0.640. The molecule has 0 N–H and O–H groups in total. The third-order valence-electron chi connectivity index (χ3n) is 6.80. The maximum Gasteiger partial charge on any atom is 0.310 e. The molecule has 30 heavy (non-hydrogen) atoms. The molecule has 0 saturated carbocycles. The summed E-state index contributed by atoms with van der Waals surface area (Å²) in [5.74, 6) is 2.27. The fourth-order valence-electron chi connectivity index (χ4n) is 5.01. The number of likely N-dealkylation sites (tertiary alicyclic amines) is 1. The number of nitrogens with zero attached hydrogens (tertiary/aromatic N) is 1. The van der Waals surface area contributed by atoms with Crippen molar-refractivity contribution in [2.75, 3.05) is 27.8 Å². The van der Waals surface area contributed by atoms with E-state index in [1.165, 1.54) is 24.8 Å². The first-order valence-electron chi connectivity index (χ1n) is 11.4. The van der Waals surface area contributed by atoms with Crippen molar-refractivity contribution in [3.8, 4) is 11.5 Å². The third-order valence-corrected chi connectivity index (χ3v) is 6.80. The Labute approximate surface area is 181 Å². The van der Waals surface area contributed by atoms with Crippen LogP contribution in [0.2, 0.25) is 0 Å². The summed E-state index contributed by atoms with van der Waals surface area (Å²) >= 11 is 0. The average Bonchev–Trinajstić information content (AvgIpc) is 3.10. The van der Waals surface area contributed by atoms with Gasteiger partial charge >= 0.3 is 5.97 Å². The molecular formula is C25H37NO4. The second-order valence-electron chi connectivity index (χ2n) is 8.67. The van der Waals surface area contributed by atoms with Crippen LogP contribution in [0, 0.1) is 0 Å². The minimum absolute atomic E-state index is 0.0182. The number of unbranched alkanes of at least 4 members (excludes halogenated alkanes) is 4. The van der Waals surface area contributed by atoms with Gasteiger partial charge in [-0.05, 0) is 56.6 Å². The molecule has 0 bridgehead atoms. The summed E-state index contributed by atoms with van der Waals surface area (Å²) in [6.07, 6.45) is 11.2. The summed E-state index contributed by atoms with van der Waals surface area (Å²) < 4.78 is 16.7. The number of carbonyl (C=O) groups excluding carboxylic acids is 1. The monoisotopic (exact) mass is 415 g/mol. The molecule has 5 nitrogen and oxygen atoms in total. The van der Waals surface area contributed by atoms with E-state index in [4.69, 9.17) is 14.2 Å². The van der Waals surface area contributed by atoms with Crippen molar-refractivity contribution in [2.45, 2.75) is 76.2 Å². The van der Waals surface area contributed by atoms with Crippen LogP contribution in [0.1, 0.15) is 70.3 Å². The molecule has 1 heterocycles. The van der Waals surface area contributed by atoms with Gasteiger partial charge in [0.05, 0.1) is 14.2 Å². The molecule has 166 valence electrons. The number of carbonyl (C=O) groups is 1. The van der Waals surface area contributed by atoms with E-state index >= 15 is 0 Å². The topological polar surface area (TPSA) is 48.0 Å². The molecule has 0 spiro atoms. The first-order valence-corrected chi connectivity index (χ1v) is 11.4. The molecule has 3 rings (SSSR count). The van der Waals surface area contributed by atoms with Crippen molar-refractivity contribution in [1.29, 1.82) is 0 Å². The van der Waals surface area contributed by atoms with Gasteiger partial charge in [0, 0.05) is 24.3 Å². The molecule has 0 amide bonds. The maximum atomic E-state index is 12.3. The van der Waals surface area contributed by atoms with Crippen molar-refractivity contribution < 1.29 is 19.0 Å². The Morgan fingerprint density at radius 3 is 2.60 bits per heavy atom. The zero-order valence-corrected chi connectivity index (χ0v) is 19.0. The summed E-state index contributed by atoms with van der Waals surface area (Å²) in [6, 6.07) is 6.49. The Hall–Kier alpha value is -2.01. The molecule has 0 radical (unpaired) electrons. The van der Waals surface area contributed by atoms with Crippen molar-refractivity contribution in [3.05, 3.63) is 35.6 Å². The predicted molar refractivity (Wildman–Crippen MR) is 119 cm³/mol. The summed E-state index contributed by atoms with van der Waals surface area (Å²) in [5.41, 5.74) is 1.29. The van der Waals surface area contributed by atoms with Crippen LogP contribution in [0.5, 0.6) is 11.5 Å². The normalized spacial score (nSPS) is 23.6. The Morgan fingerprint density at radius 2 is 1.87 bits per heavy atom. The lowest BCUT2D eigenvalue weighted by molar-refractivity contribution is -0.140. The van der Waals surface area contributed by atoms with Crippen LogP contribution in [0.4, 0.5) is 0 Å². The van der Waals surface area contributed by atoms with Crippen molar-refractivity contribution in [3.63, 3.8) is 0 Å². The van der Waals surface area contributed by atoms with E-state index in [9.17, 15) is 4.79 Å². The SMILES string of the molecule is CCCCCCCC(=O)OC1=C[C@@H]2N(C)CC[C@]2(c2ccc(OC)c(OC)c2)CC1. The fourth-order valence-corrected chi connectivity index (χ4v) is 5.01. The molecule has 1 aliphatic carbocycles. The lowest BCUT2D eigenvalue weighted by Gasteiger charge is -2.40. The Bertz CT molecular complexity index is 760. The molecule has 5 heteroatoms. The van der Waals surface area contributed by atoms with Crippen molar-refractivity contribution in [2.24, 2.45) is 0 Å². The van der Waals surface area contributed by atoms with Crippen LogP contribution in [-0.2, 0) is 14.9 Å². The van der Waals surface area contributed by atoms with Gasteiger partial charge in [-0.1, -0.05) is 38.7 Å². The third kappa shape index (κ3) is 4.83. The second-order valence-corrected chi connectivity index (χ2v) is 8.67. The summed E-state index contributed by atoms with van der Waals surface area (Å²) in [4.78, 5) is 14.7. The highest BCUT2D eigenvalue weighted by molar-refractivity contribution is 5.70. The van der Waals surface area contributed by atoms with Gasteiger partial charge in [0.2, 0.25) is 0 Å². The molecule has 1 aromatic carbocycles.